The maximum absolute atomic E-state index is 13.6. The van der Waals surface area contributed by atoms with Crippen LogP contribution in [-0.4, -0.2) is 41.2 Å². The van der Waals surface area contributed by atoms with Crippen LogP contribution in [0.5, 0.6) is 0 Å². The number of nitrogens with zero attached hydrogens (tertiary/aromatic N) is 1. The molecule has 156 valence electrons. The van der Waals surface area contributed by atoms with Crippen LogP contribution in [-0.2, 0) is 27.6 Å². The van der Waals surface area contributed by atoms with E-state index in [0.717, 1.165) is 42.9 Å². The summed E-state index contributed by atoms with van der Waals surface area (Å²) in [6.45, 7) is 3.60. The first kappa shape index (κ1) is 20.3. The number of hydrogen-bond donors (Lipinski definition) is 2. The van der Waals surface area contributed by atoms with Crippen LogP contribution < -0.4 is 15.4 Å². The summed E-state index contributed by atoms with van der Waals surface area (Å²) in [6.07, 6.45) is 1.90. The molecule has 4 rings (SSSR count). The van der Waals surface area contributed by atoms with Crippen LogP contribution in [0.2, 0.25) is 0 Å². The topological polar surface area (TPSA) is 84.7 Å². The lowest BCUT2D eigenvalue weighted by Crippen LogP contribution is -2.44. The van der Waals surface area contributed by atoms with Crippen molar-refractivity contribution in [3.63, 3.8) is 0 Å². The highest BCUT2D eigenvalue weighted by Gasteiger charge is 2.25. The van der Waals surface area contributed by atoms with Gasteiger partial charge in [-0.05, 0) is 54.2 Å². The van der Waals surface area contributed by atoms with E-state index in [1.807, 2.05) is 6.07 Å². The van der Waals surface area contributed by atoms with Gasteiger partial charge in [0.15, 0.2) is 0 Å². The van der Waals surface area contributed by atoms with Crippen molar-refractivity contribution in [2.75, 3.05) is 37.7 Å². The number of sulfonamides is 1. The monoisotopic (exact) mass is 419 g/mol. The molecule has 0 aliphatic carbocycles. The Kier molecular flexibility index (Phi) is 5.87. The number of anilines is 1. The molecule has 0 spiro atoms. The zero-order chi connectivity index (χ0) is 20.4. The molecule has 1 atom stereocenters. The van der Waals surface area contributed by atoms with Gasteiger partial charge in [-0.25, -0.2) is 17.9 Å². The Morgan fingerprint density at radius 2 is 2.00 bits per heavy atom. The highest BCUT2D eigenvalue weighted by atomic mass is 32.2. The average Bonchev–Trinajstić information content (AvgIpc) is 2.71. The second-order valence-corrected chi connectivity index (χ2v) is 9.07. The first-order valence-corrected chi connectivity index (χ1v) is 11.5. The van der Waals surface area contributed by atoms with E-state index in [-0.39, 0.29) is 16.8 Å². The fraction of sp³-hybridized carbons (Fsp3) is 0.429. The van der Waals surface area contributed by atoms with Crippen molar-refractivity contribution < 1.29 is 17.5 Å². The summed E-state index contributed by atoms with van der Waals surface area (Å²) >= 11 is 0. The molecule has 2 aromatic carbocycles. The number of benzene rings is 2. The van der Waals surface area contributed by atoms with Gasteiger partial charge in [0.1, 0.15) is 10.7 Å². The minimum atomic E-state index is -3.84. The minimum absolute atomic E-state index is 0.131. The third-order valence-electron chi connectivity index (χ3n) is 5.64. The number of halogens is 1. The molecular formula is C21H26FN3O3S. The molecule has 2 aliphatic rings. The van der Waals surface area contributed by atoms with Gasteiger partial charge in [0.05, 0.1) is 18.4 Å². The maximum atomic E-state index is 13.6. The Labute approximate surface area is 170 Å². The molecule has 3 N–H and O–H groups in total. The summed E-state index contributed by atoms with van der Waals surface area (Å²) in [4.78, 5) is 2.26. The molecule has 2 aliphatic heterocycles. The predicted molar refractivity (Wildman–Crippen MR) is 110 cm³/mol. The first-order valence-electron chi connectivity index (χ1n) is 9.94. The summed E-state index contributed by atoms with van der Waals surface area (Å²) < 4.78 is 44.0. The van der Waals surface area contributed by atoms with Gasteiger partial charge in [-0.2, -0.15) is 0 Å². The Hall–Kier alpha value is -2.00. The molecule has 29 heavy (non-hydrogen) atoms. The number of ether oxygens (including phenoxy) is 1. The molecule has 2 heterocycles. The number of nitrogens with two attached hydrogens (primary N) is 1. The lowest BCUT2D eigenvalue weighted by atomic mass is 9.93. The van der Waals surface area contributed by atoms with Crippen LogP contribution in [0.3, 0.4) is 0 Å². The third kappa shape index (κ3) is 4.45. The van der Waals surface area contributed by atoms with Gasteiger partial charge in [0, 0.05) is 26.2 Å². The number of fused-ring (bicyclic) bond motifs is 1. The quantitative estimate of drug-likeness (QED) is 0.776. The molecule has 1 unspecified atom stereocenters. The van der Waals surface area contributed by atoms with Gasteiger partial charge in [0.2, 0.25) is 10.0 Å². The molecule has 8 heteroatoms. The van der Waals surface area contributed by atoms with E-state index in [4.69, 9.17) is 9.88 Å². The minimum Gasteiger partial charge on any atom is -0.373 e. The van der Waals surface area contributed by atoms with Crippen LogP contribution in [0, 0.1) is 5.82 Å². The highest BCUT2D eigenvalue weighted by molar-refractivity contribution is 7.89. The largest absolute Gasteiger partial charge is 0.373 e. The van der Waals surface area contributed by atoms with Gasteiger partial charge in [-0.1, -0.05) is 18.2 Å². The summed E-state index contributed by atoms with van der Waals surface area (Å²) in [5, 5.41) is 8.81. The standard InChI is InChI=1S/C21H26FN3O3S/c22-17-5-6-18-16(14-17)8-13-28-19(18)7-4-15-2-1-3-20(29(23,26)27)21(15)25-11-9-24-10-12-25/h1-3,5-6,14,19,24H,4,7-13H2,(H2,23,26,27). The normalized spacial score (nSPS) is 19.8. The number of para-hydroxylation sites is 1. The van der Waals surface area contributed by atoms with Gasteiger partial charge < -0.3 is 15.0 Å². The summed E-state index contributed by atoms with van der Waals surface area (Å²) in [5.74, 6) is -0.230. The molecule has 0 radical (unpaired) electrons. The van der Waals surface area contributed by atoms with Crippen LogP contribution in [0.4, 0.5) is 10.1 Å². The predicted octanol–water partition coefficient (Wildman–Crippen LogP) is 2.13. The number of piperazine rings is 1. The molecule has 0 saturated carbocycles. The van der Waals surface area contributed by atoms with Crippen LogP contribution in [0.15, 0.2) is 41.3 Å². The lowest BCUT2D eigenvalue weighted by Gasteiger charge is -2.33. The Morgan fingerprint density at radius 3 is 2.76 bits per heavy atom. The smallest absolute Gasteiger partial charge is 0.240 e. The summed E-state index contributed by atoms with van der Waals surface area (Å²) in [7, 11) is -3.84. The van der Waals surface area contributed by atoms with Crippen LogP contribution >= 0.6 is 0 Å². The van der Waals surface area contributed by atoms with Gasteiger partial charge in [0.25, 0.3) is 0 Å². The molecule has 0 amide bonds. The van der Waals surface area contributed by atoms with E-state index < -0.39 is 10.0 Å². The van der Waals surface area contributed by atoms with E-state index >= 15 is 0 Å². The van der Waals surface area contributed by atoms with E-state index in [0.29, 0.717) is 31.6 Å². The lowest BCUT2D eigenvalue weighted by molar-refractivity contribution is 0.0367. The second kappa shape index (κ2) is 8.39. The van der Waals surface area contributed by atoms with Crippen molar-refractivity contribution in [2.24, 2.45) is 5.14 Å². The summed E-state index contributed by atoms with van der Waals surface area (Å²) in [5.41, 5.74) is 3.65. The van der Waals surface area contributed by atoms with Crippen molar-refractivity contribution in [1.29, 1.82) is 0 Å². The van der Waals surface area contributed by atoms with Crippen molar-refractivity contribution in [1.82, 2.24) is 5.32 Å². The molecule has 1 fully saturated rings. The van der Waals surface area contributed by atoms with E-state index in [2.05, 4.69) is 10.2 Å². The second-order valence-electron chi connectivity index (χ2n) is 7.54. The number of nitrogens with one attached hydrogen (secondary N) is 1. The van der Waals surface area contributed by atoms with Gasteiger partial charge in [-0.3, -0.25) is 0 Å². The fourth-order valence-electron chi connectivity index (χ4n) is 4.28. The Morgan fingerprint density at radius 1 is 1.21 bits per heavy atom. The van der Waals surface area contributed by atoms with Crippen molar-refractivity contribution in [2.45, 2.75) is 30.3 Å². The van der Waals surface area contributed by atoms with Crippen molar-refractivity contribution in [3.8, 4) is 0 Å². The molecule has 1 saturated heterocycles. The Bertz CT molecular complexity index is 991. The van der Waals surface area contributed by atoms with E-state index in [1.54, 1.807) is 24.3 Å². The first-order chi connectivity index (χ1) is 13.9. The van der Waals surface area contributed by atoms with Crippen molar-refractivity contribution >= 4 is 15.7 Å². The van der Waals surface area contributed by atoms with Crippen LogP contribution in [0.25, 0.3) is 0 Å². The summed E-state index contributed by atoms with van der Waals surface area (Å²) in [6, 6.07) is 10.1. The number of hydrogen-bond acceptors (Lipinski definition) is 5. The van der Waals surface area contributed by atoms with E-state index in [1.165, 1.54) is 6.07 Å². The fourth-order valence-corrected chi connectivity index (χ4v) is 5.08. The SMILES string of the molecule is NS(=O)(=O)c1cccc(CCC2OCCc3cc(F)ccc32)c1N1CCNCC1. The molecule has 0 bridgehead atoms. The molecule has 2 aromatic rings. The molecule has 6 nitrogen and oxygen atoms in total. The number of aryl methyl sites for hydroxylation is 1. The van der Waals surface area contributed by atoms with Gasteiger partial charge in [-0.15, -0.1) is 0 Å². The highest BCUT2D eigenvalue weighted by Crippen LogP contribution is 2.35. The van der Waals surface area contributed by atoms with Crippen molar-refractivity contribution in [3.05, 3.63) is 58.9 Å². The number of primary sulfonamides is 1. The molecule has 0 aromatic heterocycles. The van der Waals surface area contributed by atoms with Crippen LogP contribution in [0.1, 0.15) is 29.2 Å². The zero-order valence-electron chi connectivity index (χ0n) is 16.2. The zero-order valence-corrected chi connectivity index (χ0v) is 17.1. The third-order valence-corrected chi connectivity index (χ3v) is 6.58. The maximum Gasteiger partial charge on any atom is 0.240 e. The Balaban J connectivity index is 1.63. The molecular weight excluding hydrogens is 393 g/mol. The van der Waals surface area contributed by atoms with E-state index in [9.17, 15) is 12.8 Å². The average molecular weight is 420 g/mol. The number of rotatable bonds is 5. The van der Waals surface area contributed by atoms with Gasteiger partial charge >= 0.3 is 0 Å².